The first kappa shape index (κ1) is 18.7. The molecule has 0 bridgehead atoms. The van der Waals surface area contributed by atoms with Crippen molar-refractivity contribution in [3.8, 4) is 0 Å². The first-order valence-corrected chi connectivity index (χ1v) is 9.53. The van der Waals surface area contributed by atoms with Crippen LogP contribution in [0.5, 0.6) is 0 Å². The summed E-state index contributed by atoms with van der Waals surface area (Å²) < 4.78 is 5.26. The van der Waals surface area contributed by atoms with Gasteiger partial charge in [-0.2, -0.15) is 0 Å². The Labute approximate surface area is 155 Å². The van der Waals surface area contributed by atoms with Crippen molar-refractivity contribution in [2.45, 2.75) is 39.2 Å². The average molecular weight is 359 g/mol. The molecule has 3 amide bonds. The molecular weight excluding hydrogens is 330 g/mol. The highest BCUT2D eigenvalue weighted by Gasteiger charge is 2.30. The van der Waals surface area contributed by atoms with Gasteiger partial charge in [0.05, 0.1) is 19.3 Å². The van der Waals surface area contributed by atoms with Crippen LogP contribution in [-0.4, -0.2) is 61.1 Å². The SMILES string of the molecule is Cc1ccc([C@@H]2CCCN2C(=O)NCCC(=O)N2CCOCC2)cc1C. The molecule has 0 spiro atoms. The number of rotatable bonds is 4. The van der Waals surface area contributed by atoms with Gasteiger partial charge in [0.15, 0.2) is 0 Å². The molecule has 2 heterocycles. The summed E-state index contributed by atoms with van der Waals surface area (Å²) >= 11 is 0. The van der Waals surface area contributed by atoms with E-state index in [2.05, 4.69) is 37.4 Å². The lowest BCUT2D eigenvalue weighted by Gasteiger charge is -2.28. The number of urea groups is 1. The Morgan fingerprint density at radius 1 is 1.15 bits per heavy atom. The Kier molecular flexibility index (Phi) is 6.14. The molecule has 1 aromatic carbocycles. The van der Waals surface area contributed by atoms with E-state index >= 15 is 0 Å². The number of hydrogen-bond acceptors (Lipinski definition) is 3. The van der Waals surface area contributed by atoms with Gasteiger partial charge in [-0.05, 0) is 43.4 Å². The minimum Gasteiger partial charge on any atom is -0.378 e. The Hall–Kier alpha value is -2.08. The summed E-state index contributed by atoms with van der Waals surface area (Å²) in [4.78, 5) is 28.5. The number of morpholine rings is 1. The Balaban J connectivity index is 1.51. The largest absolute Gasteiger partial charge is 0.378 e. The zero-order valence-electron chi connectivity index (χ0n) is 15.8. The van der Waals surface area contributed by atoms with Crippen molar-refractivity contribution in [3.63, 3.8) is 0 Å². The van der Waals surface area contributed by atoms with Gasteiger partial charge in [0.2, 0.25) is 5.91 Å². The molecule has 0 radical (unpaired) electrons. The Morgan fingerprint density at radius 2 is 1.92 bits per heavy atom. The number of carbonyl (C=O) groups excluding carboxylic acids is 2. The van der Waals surface area contributed by atoms with Crippen molar-refractivity contribution in [2.24, 2.45) is 0 Å². The summed E-state index contributed by atoms with van der Waals surface area (Å²) in [5.74, 6) is 0.0840. The number of ether oxygens (including phenoxy) is 1. The molecule has 6 nitrogen and oxygen atoms in total. The summed E-state index contributed by atoms with van der Waals surface area (Å²) in [6, 6.07) is 6.50. The fourth-order valence-corrected chi connectivity index (χ4v) is 3.68. The number of benzene rings is 1. The van der Waals surface area contributed by atoms with E-state index in [9.17, 15) is 9.59 Å². The maximum atomic E-state index is 12.6. The molecule has 26 heavy (non-hydrogen) atoms. The van der Waals surface area contributed by atoms with E-state index in [0.29, 0.717) is 39.3 Å². The van der Waals surface area contributed by atoms with Gasteiger partial charge in [0.1, 0.15) is 0 Å². The third-order valence-electron chi connectivity index (χ3n) is 5.41. The number of carbonyl (C=O) groups is 2. The lowest BCUT2D eigenvalue weighted by atomic mass is 9.99. The standard InChI is InChI=1S/C20H29N3O3/c1-15-5-6-17(14-16(15)2)18-4-3-9-23(18)20(25)21-8-7-19(24)22-10-12-26-13-11-22/h5-6,14,18H,3-4,7-13H2,1-2H3,(H,21,25)/t18-/m0/s1. The Morgan fingerprint density at radius 3 is 2.65 bits per heavy atom. The first-order chi connectivity index (χ1) is 12.6. The van der Waals surface area contributed by atoms with E-state index in [1.54, 1.807) is 0 Å². The number of nitrogens with one attached hydrogen (secondary N) is 1. The molecular formula is C20H29N3O3. The number of amides is 3. The van der Waals surface area contributed by atoms with Crippen LogP contribution in [0.15, 0.2) is 18.2 Å². The quantitative estimate of drug-likeness (QED) is 0.898. The molecule has 6 heteroatoms. The van der Waals surface area contributed by atoms with E-state index in [1.807, 2.05) is 9.80 Å². The maximum absolute atomic E-state index is 12.6. The molecule has 1 aromatic rings. The van der Waals surface area contributed by atoms with Crippen LogP contribution in [-0.2, 0) is 9.53 Å². The highest BCUT2D eigenvalue weighted by molar-refractivity contribution is 5.78. The number of aryl methyl sites for hydroxylation is 2. The van der Waals surface area contributed by atoms with Crippen LogP contribution in [0.1, 0.15) is 42.0 Å². The first-order valence-electron chi connectivity index (χ1n) is 9.53. The summed E-state index contributed by atoms with van der Waals surface area (Å²) in [6.07, 6.45) is 2.34. The van der Waals surface area contributed by atoms with Gasteiger partial charge in [0, 0.05) is 32.6 Å². The zero-order chi connectivity index (χ0) is 18.5. The minimum absolute atomic E-state index is 0.0690. The molecule has 2 fully saturated rings. The Bertz CT molecular complexity index is 656. The summed E-state index contributed by atoms with van der Waals surface area (Å²) in [6.45, 7) is 7.85. The molecule has 2 aliphatic heterocycles. The molecule has 1 atom stereocenters. The van der Waals surface area contributed by atoms with Gasteiger partial charge >= 0.3 is 6.03 Å². The van der Waals surface area contributed by atoms with Gasteiger partial charge < -0.3 is 19.9 Å². The predicted molar refractivity (Wildman–Crippen MR) is 100 cm³/mol. The minimum atomic E-state index is -0.0690. The molecule has 0 saturated carbocycles. The predicted octanol–water partition coefficient (Wildman–Crippen LogP) is 2.40. The molecule has 142 valence electrons. The second kappa shape index (κ2) is 8.54. The fourth-order valence-electron chi connectivity index (χ4n) is 3.68. The van der Waals surface area contributed by atoms with Crippen molar-refractivity contribution >= 4 is 11.9 Å². The second-order valence-electron chi connectivity index (χ2n) is 7.17. The molecule has 2 aliphatic rings. The van der Waals surface area contributed by atoms with Gasteiger partial charge in [-0.15, -0.1) is 0 Å². The van der Waals surface area contributed by atoms with Crippen molar-refractivity contribution in [1.29, 1.82) is 0 Å². The van der Waals surface area contributed by atoms with Gasteiger partial charge in [-0.3, -0.25) is 4.79 Å². The van der Waals surface area contributed by atoms with Crippen LogP contribution in [0, 0.1) is 13.8 Å². The van der Waals surface area contributed by atoms with E-state index in [-0.39, 0.29) is 18.0 Å². The molecule has 0 unspecified atom stereocenters. The monoisotopic (exact) mass is 359 g/mol. The molecule has 1 N–H and O–H groups in total. The van der Waals surface area contributed by atoms with Gasteiger partial charge in [-0.1, -0.05) is 18.2 Å². The van der Waals surface area contributed by atoms with Gasteiger partial charge in [-0.25, -0.2) is 4.79 Å². The van der Waals surface area contributed by atoms with E-state index in [1.165, 1.54) is 16.7 Å². The van der Waals surface area contributed by atoms with Crippen LogP contribution in [0.2, 0.25) is 0 Å². The molecule has 0 aliphatic carbocycles. The highest BCUT2D eigenvalue weighted by atomic mass is 16.5. The second-order valence-corrected chi connectivity index (χ2v) is 7.17. The average Bonchev–Trinajstić information content (AvgIpc) is 3.14. The number of likely N-dealkylation sites (tertiary alicyclic amines) is 1. The summed E-state index contributed by atoms with van der Waals surface area (Å²) in [5.41, 5.74) is 3.72. The van der Waals surface area contributed by atoms with E-state index in [0.717, 1.165) is 19.4 Å². The molecule has 0 aromatic heterocycles. The fraction of sp³-hybridized carbons (Fsp3) is 0.600. The highest BCUT2D eigenvalue weighted by Crippen LogP contribution is 2.32. The lowest BCUT2D eigenvalue weighted by Crippen LogP contribution is -2.43. The van der Waals surface area contributed by atoms with Crippen LogP contribution >= 0.6 is 0 Å². The van der Waals surface area contributed by atoms with Crippen molar-refractivity contribution in [1.82, 2.24) is 15.1 Å². The van der Waals surface area contributed by atoms with E-state index in [4.69, 9.17) is 4.74 Å². The molecule has 3 rings (SSSR count). The van der Waals surface area contributed by atoms with Crippen LogP contribution < -0.4 is 5.32 Å². The van der Waals surface area contributed by atoms with Crippen LogP contribution in [0.25, 0.3) is 0 Å². The van der Waals surface area contributed by atoms with Crippen LogP contribution in [0.3, 0.4) is 0 Å². The third-order valence-corrected chi connectivity index (χ3v) is 5.41. The maximum Gasteiger partial charge on any atom is 0.317 e. The summed E-state index contributed by atoms with van der Waals surface area (Å²) in [5, 5.41) is 2.93. The van der Waals surface area contributed by atoms with Crippen molar-refractivity contribution in [2.75, 3.05) is 39.4 Å². The molecule has 2 saturated heterocycles. The normalized spacial score (nSPS) is 20.3. The zero-order valence-corrected chi connectivity index (χ0v) is 15.8. The number of nitrogens with zero attached hydrogens (tertiary/aromatic N) is 2. The number of hydrogen-bond donors (Lipinski definition) is 1. The third kappa shape index (κ3) is 4.36. The smallest absolute Gasteiger partial charge is 0.317 e. The summed E-state index contributed by atoms with van der Waals surface area (Å²) in [7, 11) is 0. The lowest BCUT2D eigenvalue weighted by molar-refractivity contribution is -0.135. The van der Waals surface area contributed by atoms with Gasteiger partial charge in [0.25, 0.3) is 0 Å². The topological polar surface area (TPSA) is 61.9 Å². The van der Waals surface area contributed by atoms with Crippen LogP contribution in [0.4, 0.5) is 4.79 Å². The van der Waals surface area contributed by atoms with Crippen molar-refractivity contribution < 1.29 is 14.3 Å². The van der Waals surface area contributed by atoms with E-state index < -0.39 is 0 Å². The van der Waals surface area contributed by atoms with Crippen molar-refractivity contribution in [3.05, 3.63) is 34.9 Å².